The third-order valence-electron chi connectivity index (χ3n) is 2.04. The maximum atomic E-state index is 10.8. The van der Waals surface area contributed by atoms with Crippen LogP contribution in [0.1, 0.15) is 15.9 Å². The van der Waals surface area contributed by atoms with Crippen molar-refractivity contribution in [1.82, 2.24) is 0 Å². The van der Waals surface area contributed by atoms with Crippen LogP contribution in [0.4, 0.5) is 0 Å². The molecule has 1 heterocycles. The lowest BCUT2D eigenvalue weighted by molar-refractivity contribution is 0.112. The Labute approximate surface area is 93.3 Å². The largest absolute Gasteiger partial charge is 0.499 e. The molecule has 2 aromatic rings. The average molecular weight is 271 g/mol. The van der Waals surface area contributed by atoms with Gasteiger partial charge in [-0.3, -0.25) is 4.79 Å². The minimum Gasteiger partial charge on any atom is -0.499 e. The number of benzene rings is 1. The fourth-order valence-electron chi connectivity index (χ4n) is 1.36. The van der Waals surface area contributed by atoms with Gasteiger partial charge in [-0.2, -0.15) is 0 Å². The molecule has 1 aromatic heterocycles. The van der Waals surface area contributed by atoms with Gasteiger partial charge in [0.25, 0.3) is 0 Å². The van der Waals surface area contributed by atoms with Gasteiger partial charge in [0.05, 0.1) is 0 Å². The zero-order valence-electron chi connectivity index (χ0n) is 7.16. The number of fused-ring (bicyclic) bond motifs is 1. The maximum absolute atomic E-state index is 10.8. The lowest BCUT2D eigenvalue weighted by Crippen LogP contribution is -1.87. The highest BCUT2D eigenvalue weighted by Crippen LogP contribution is 2.32. The first-order valence-electron chi connectivity index (χ1n) is 4.01. The van der Waals surface area contributed by atoms with E-state index in [1.165, 1.54) is 11.3 Å². The molecule has 0 fully saturated rings. The van der Waals surface area contributed by atoms with Crippen LogP contribution in [0.2, 0.25) is 0 Å². The number of rotatable bonds is 2. The Morgan fingerprint density at radius 2 is 2.21 bits per heavy atom. The normalized spacial score (nSPS) is 10.6. The van der Waals surface area contributed by atoms with Gasteiger partial charge in [0.15, 0.2) is 5.06 Å². The quantitative estimate of drug-likeness (QED) is 0.672. The van der Waals surface area contributed by atoms with E-state index in [0.29, 0.717) is 10.9 Å². The maximum Gasteiger partial charge on any atom is 0.172 e. The standard InChI is InChI=1S/C10H7BrO2S/c11-4-7-1-6-3-10(13)14-9(6)2-8(7)5-12/h1-3,5,13H,4H2. The molecule has 0 aliphatic rings. The Bertz CT molecular complexity index is 490. The van der Waals surface area contributed by atoms with E-state index >= 15 is 0 Å². The Kier molecular flexibility index (Phi) is 2.56. The SMILES string of the molecule is O=Cc1cc2sc(O)cc2cc1CBr. The summed E-state index contributed by atoms with van der Waals surface area (Å²) in [6, 6.07) is 5.44. The van der Waals surface area contributed by atoms with Crippen LogP contribution in [0.3, 0.4) is 0 Å². The molecule has 72 valence electrons. The first kappa shape index (κ1) is 9.68. The molecule has 0 bridgehead atoms. The summed E-state index contributed by atoms with van der Waals surface area (Å²) < 4.78 is 0.939. The molecule has 1 aromatic carbocycles. The molecule has 0 unspecified atom stereocenters. The van der Waals surface area contributed by atoms with Crippen molar-refractivity contribution in [2.75, 3.05) is 0 Å². The first-order valence-corrected chi connectivity index (χ1v) is 5.95. The average Bonchev–Trinajstić information content (AvgIpc) is 2.54. The summed E-state index contributed by atoms with van der Waals surface area (Å²) in [6.07, 6.45) is 0.840. The Hall–Kier alpha value is -0.870. The predicted octanol–water partition coefficient (Wildman–Crippen LogP) is 3.31. The van der Waals surface area contributed by atoms with Gasteiger partial charge in [0.2, 0.25) is 0 Å². The third-order valence-corrected chi connectivity index (χ3v) is 3.54. The smallest absolute Gasteiger partial charge is 0.172 e. The molecule has 0 amide bonds. The number of alkyl halides is 1. The van der Waals surface area contributed by atoms with Gasteiger partial charge < -0.3 is 5.11 Å². The summed E-state index contributed by atoms with van der Waals surface area (Å²) >= 11 is 4.61. The van der Waals surface area contributed by atoms with Gasteiger partial charge in [-0.1, -0.05) is 27.3 Å². The van der Waals surface area contributed by atoms with Crippen LogP contribution in [0.15, 0.2) is 18.2 Å². The van der Waals surface area contributed by atoms with Crippen molar-refractivity contribution >= 4 is 43.6 Å². The highest BCUT2D eigenvalue weighted by molar-refractivity contribution is 9.08. The second-order valence-electron chi connectivity index (χ2n) is 2.92. The molecule has 0 radical (unpaired) electrons. The van der Waals surface area contributed by atoms with Crippen molar-refractivity contribution in [3.8, 4) is 5.06 Å². The summed E-state index contributed by atoms with van der Waals surface area (Å²) in [5.41, 5.74) is 1.63. The van der Waals surface area contributed by atoms with Crippen LogP contribution >= 0.6 is 27.3 Å². The van der Waals surface area contributed by atoms with Crippen LogP contribution in [-0.4, -0.2) is 11.4 Å². The zero-order valence-corrected chi connectivity index (χ0v) is 9.56. The molecule has 0 aliphatic heterocycles. The molecule has 2 rings (SSSR count). The molecule has 2 nitrogen and oxygen atoms in total. The number of carbonyl (C=O) groups excluding carboxylic acids is 1. The van der Waals surface area contributed by atoms with Gasteiger partial charge in [0.1, 0.15) is 6.29 Å². The van der Waals surface area contributed by atoms with Crippen molar-refractivity contribution in [2.45, 2.75) is 5.33 Å². The van der Waals surface area contributed by atoms with E-state index < -0.39 is 0 Å². The van der Waals surface area contributed by atoms with E-state index in [9.17, 15) is 9.90 Å². The molecular formula is C10H7BrO2S. The first-order chi connectivity index (χ1) is 6.74. The molecule has 4 heteroatoms. The molecule has 1 N–H and O–H groups in total. The Morgan fingerprint density at radius 3 is 2.86 bits per heavy atom. The summed E-state index contributed by atoms with van der Waals surface area (Å²) in [5, 5.41) is 11.2. The lowest BCUT2D eigenvalue weighted by atomic mass is 10.1. The van der Waals surface area contributed by atoms with E-state index in [-0.39, 0.29) is 5.06 Å². The molecular weight excluding hydrogens is 264 g/mol. The summed E-state index contributed by atoms with van der Waals surface area (Å²) in [5.74, 6) is 0. The Morgan fingerprint density at radius 1 is 1.43 bits per heavy atom. The summed E-state index contributed by atoms with van der Waals surface area (Å²) in [4.78, 5) is 10.8. The number of aldehydes is 1. The van der Waals surface area contributed by atoms with Gasteiger partial charge in [0, 0.05) is 15.6 Å². The van der Waals surface area contributed by atoms with E-state index in [4.69, 9.17) is 0 Å². The third kappa shape index (κ3) is 1.55. The number of thiophene rings is 1. The van der Waals surface area contributed by atoms with Crippen molar-refractivity contribution in [1.29, 1.82) is 0 Å². The molecule has 0 saturated heterocycles. The van der Waals surface area contributed by atoms with Gasteiger partial charge in [-0.05, 0) is 29.1 Å². The lowest BCUT2D eigenvalue weighted by Gasteiger charge is -1.99. The molecule has 0 saturated carbocycles. The molecule has 14 heavy (non-hydrogen) atoms. The van der Waals surface area contributed by atoms with Crippen LogP contribution in [0, 0.1) is 0 Å². The van der Waals surface area contributed by atoms with Gasteiger partial charge >= 0.3 is 0 Å². The highest BCUT2D eigenvalue weighted by Gasteiger charge is 2.06. The zero-order chi connectivity index (χ0) is 10.1. The number of hydrogen-bond donors (Lipinski definition) is 1. The fraction of sp³-hybridized carbons (Fsp3) is 0.100. The van der Waals surface area contributed by atoms with Crippen LogP contribution in [0.25, 0.3) is 10.1 Å². The highest BCUT2D eigenvalue weighted by atomic mass is 79.9. The number of hydrogen-bond acceptors (Lipinski definition) is 3. The topological polar surface area (TPSA) is 37.3 Å². The van der Waals surface area contributed by atoms with Crippen molar-refractivity contribution in [3.05, 3.63) is 29.3 Å². The predicted molar refractivity (Wildman–Crippen MR) is 61.5 cm³/mol. The minimum absolute atomic E-state index is 0.281. The second-order valence-corrected chi connectivity index (χ2v) is 4.55. The number of carbonyl (C=O) groups is 1. The van der Waals surface area contributed by atoms with Crippen LogP contribution in [0.5, 0.6) is 5.06 Å². The number of halogens is 1. The summed E-state index contributed by atoms with van der Waals surface area (Å²) in [6.45, 7) is 0. The van der Waals surface area contributed by atoms with E-state index in [1.54, 1.807) is 6.07 Å². The minimum atomic E-state index is 0.281. The van der Waals surface area contributed by atoms with E-state index in [2.05, 4.69) is 15.9 Å². The summed E-state index contributed by atoms with van der Waals surface area (Å²) in [7, 11) is 0. The molecule has 0 aliphatic carbocycles. The van der Waals surface area contributed by atoms with Crippen molar-refractivity contribution in [2.24, 2.45) is 0 Å². The van der Waals surface area contributed by atoms with Gasteiger partial charge in [-0.25, -0.2) is 0 Å². The van der Waals surface area contributed by atoms with Crippen molar-refractivity contribution < 1.29 is 9.90 Å². The molecule has 0 atom stereocenters. The van der Waals surface area contributed by atoms with Crippen LogP contribution < -0.4 is 0 Å². The van der Waals surface area contributed by atoms with Crippen molar-refractivity contribution in [3.63, 3.8) is 0 Å². The van der Waals surface area contributed by atoms with E-state index in [1.807, 2.05) is 12.1 Å². The second kappa shape index (κ2) is 3.71. The molecule has 0 spiro atoms. The monoisotopic (exact) mass is 270 g/mol. The number of aromatic hydroxyl groups is 1. The Balaban J connectivity index is 2.74. The van der Waals surface area contributed by atoms with Crippen LogP contribution in [-0.2, 0) is 5.33 Å². The fourth-order valence-corrected chi connectivity index (χ4v) is 2.68. The van der Waals surface area contributed by atoms with Gasteiger partial charge in [-0.15, -0.1) is 0 Å². The van der Waals surface area contributed by atoms with E-state index in [0.717, 1.165) is 21.9 Å².